The highest BCUT2D eigenvalue weighted by molar-refractivity contribution is 5.80. The molecule has 4 nitrogen and oxygen atoms in total. The summed E-state index contributed by atoms with van der Waals surface area (Å²) in [6.07, 6.45) is 1.27. The number of likely N-dealkylation sites (tertiary alicyclic amines) is 1. The maximum atomic E-state index is 13.2. The van der Waals surface area contributed by atoms with Gasteiger partial charge in [0.2, 0.25) is 5.91 Å². The SMILES string of the molecule is NC(=O)[C@@H]1CCCN1CCOC(c1ccc(F)cc1)c1ccc(F)cc1. The van der Waals surface area contributed by atoms with Crippen LogP contribution in [0, 0.1) is 11.6 Å². The Labute approximate surface area is 151 Å². The summed E-state index contributed by atoms with van der Waals surface area (Å²) < 4.78 is 32.5. The van der Waals surface area contributed by atoms with Gasteiger partial charge < -0.3 is 10.5 Å². The summed E-state index contributed by atoms with van der Waals surface area (Å²) in [6, 6.07) is 11.9. The lowest BCUT2D eigenvalue weighted by Gasteiger charge is -2.24. The van der Waals surface area contributed by atoms with Crippen LogP contribution in [0.15, 0.2) is 48.5 Å². The molecule has 0 saturated carbocycles. The smallest absolute Gasteiger partial charge is 0.234 e. The van der Waals surface area contributed by atoms with Crippen molar-refractivity contribution in [3.63, 3.8) is 0 Å². The van der Waals surface area contributed by atoms with Crippen molar-refractivity contribution >= 4 is 5.91 Å². The summed E-state index contributed by atoms with van der Waals surface area (Å²) in [7, 11) is 0. The number of nitrogens with zero attached hydrogens (tertiary/aromatic N) is 1. The summed E-state index contributed by atoms with van der Waals surface area (Å²) >= 11 is 0. The van der Waals surface area contributed by atoms with Crippen LogP contribution < -0.4 is 5.73 Å². The van der Waals surface area contributed by atoms with Crippen molar-refractivity contribution in [2.45, 2.75) is 25.0 Å². The Balaban J connectivity index is 1.70. The third-order valence-corrected chi connectivity index (χ3v) is 4.70. The lowest BCUT2D eigenvalue weighted by molar-refractivity contribution is -0.122. The van der Waals surface area contributed by atoms with Gasteiger partial charge in [-0.2, -0.15) is 0 Å². The van der Waals surface area contributed by atoms with E-state index in [9.17, 15) is 13.6 Å². The van der Waals surface area contributed by atoms with Crippen LogP contribution in [0.25, 0.3) is 0 Å². The van der Waals surface area contributed by atoms with Gasteiger partial charge in [0.05, 0.1) is 12.6 Å². The number of benzene rings is 2. The Kier molecular flexibility index (Phi) is 5.96. The lowest BCUT2D eigenvalue weighted by atomic mass is 10.0. The molecule has 2 aromatic carbocycles. The predicted molar refractivity (Wildman–Crippen MR) is 94.4 cm³/mol. The highest BCUT2D eigenvalue weighted by Gasteiger charge is 2.28. The van der Waals surface area contributed by atoms with E-state index < -0.39 is 6.10 Å². The molecular weight excluding hydrogens is 338 g/mol. The molecule has 3 rings (SSSR count). The molecule has 1 atom stereocenters. The second kappa shape index (κ2) is 8.38. The van der Waals surface area contributed by atoms with Gasteiger partial charge in [-0.05, 0) is 54.8 Å². The molecule has 1 amide bonds. The van der Waals surface area contributed by atoms with Crippen LogP contribution in [0.5, 0.6) is 0 Å². The molecule has 0 aliphatic carbocycles. The van der Waals surface area contributed by atoms with Crippen LogP contribution >= 0.6 is 0 Å². The maximum absolute atomic E-state index is 13.2. The molecule has 0 spiro atoms. The number of hydrogen-bond donors (Lipinski definition) is 1. The molecule has 0 aromatic heterocycles. The van der Waals surface area contributed by atoms with Gasteiger partial charge in [0, 0.05) is 6.54 Å². The minimum atomic E-state index is -0.439. The van der Waals surface area contributed by atoms with Crippen LogP contribution in [0.1, 0.15) is 30.1 Å². The number of nitrogens with two attached hydrogens (primary N) is 1. The Hall–Kier alpha value is -2.31. The zero-order valence-electron chi connectivity index (χ0n) is 14.4. The second-order valence-corrected chi connectivity index (χ2v) is 6.45. The quantitative estimate of drug-likeness (QED) is 0.826. The van der Waals surface area contributed by atoms with E-state index in [4.69, 9.17) is 10.5 Å². The number of ether oxygens (including phenoxy) is 1. The first-order valence-electron chi connectivity index (χ1n) is 8.70. The van der Waals surface area contributed by atoms with Gasteiger partial charge in [-0.1, -0.05) is 24.3 Å². The normalized spacial score (nSPS) is 17.7. The highest BCUT2D eigenvalue weighted by Crippen LogP contribution is 2.27. The van der Waals surface area contributed by atoms with Crippen molar-refractivity contribution in [3.8, 4) is 0 Å². The highest BCUT2D eigenvalue weighted by atomic mass is 19.1. The summed E-state index contributed by atoms with van der Waals surface area (Å²) in [6.45, 7) is 1.77. The fourth-order valence-electron chi connectivity index (χ4n) is 3.36. The van der Waals surface area contributed by atoms with Gasteiger partial charge in [-0.3, -0.25) is 9.69 Å². The van der Waals surface area contributed by atoms with Crippen LogP contribution in [0.2, 0.25) is 0 Å². The fourth-order valence-corrected chi connectivity index (χ4v) is 3.36. The number of rotatable bonds is 7. The van der Waals surface area contributed by atoms with E-state index in [1.54, 1.807) is 24.3 Å². The molecule has 1 aliphatic rings. The van der Waals surface area contributed by atoms with Crippen LogP contribution in [0.4, 0.5) is 8.78 Å². The Morgan fingerprint density at radius 1 is 1.08 bits per heavy atom. The molecule has 2 aromatic rings. The molecule has 0 radical (unpaired) electrons. The van der Waals surface area contributed by atoms with Crippen molar-refractivity contribution in [2.75, 3.05) is 19.7 Å². The summed E-state index contributed by atoms with van der Waals surface area (Å²) in [5.41, 5.74) is 7.00. The van der Waals surface area contributed by atoms with Gasteiger partial charge in [0.15, 0.2) is 0 Å². The van der Waals surface area contributed by atoms with E-state index >= 15 is 0 Å². The first-order chi connectivity index (χ1) is 12.5. The first-order valence-corrected chi connectivity index (χ1v) is 8.70. The maximum Gasteiger partial charge on any atom is 0.234 e. The fraction of sp³-hybridized carbons (Fsp3) is 0.350. The topological polar surface area (TPSA) is 55.6 Å². The third kappa shape index (κ3) is 4.45. The molecule has 0 unspecified atom stereocenters. The van der Waals surface area contributed by atoms with Gasteiger partial charge in [0.25, 0.3) is 0 Å². The summed E-state index contributed by atoms with van der Waals surface area (Å²) in [4.78, 5) is 13.5. The van der Waals surface area contributed by atoms with E-state index in [-0.39, 0.29) is 23.6 Å². The predicted octanol–water partition coefficient (Wildman–Crippen LogP) is 3.02. The average molecular weight is 360 g/mol. The molecule has 138 valence electrons. The Morgan fingerprint density at radius 2 is 1.62 bits per heavy atom. The number of amides is 1. The number of primary amides is 1. The molecule has 0 bridgehead atoms. The summed E-state index contributed by atoms with van der Waals surface area (Å²) in [5.74, 6) is -0.961. The standard InChI is InChI=1S/C20H22F2N2O2/c21-16-7-3-14(4-8-16)19(15-5-9-17(22)10-6-15)26-13-12-24-11-1-2-18(24)20(23)25/h3-10,18-19H,1-2,11-13H2,(H2,23,25)/t18-/m0/s1. The minimum absolute atomic E-state index is 0.242. The summed E-state index contributed by atoms with van der Waals surface area (Å²) in [5, 5.41) is 0. The van der Waals surface area contributed by atoms with E-state index in [1.807, 2.05) is 4.90 Å². The lowest BCUT2D eigenvalue weighted by Crippen LogP contribution is -2.41. The minimum Gasteiger partial charge on any atom is -0.368 e. The monoisotopic (exact) mass is 360 g/mol. The van der Waals surface area contributed by atoms with Crippen LogP contribution in [0.3, 0.4) is 0 Å². The molecule has 6 heteroatoms. The molecule has 26 heavy (non-hydrogen) atoms. The molecular formula is C20H22F2N2O2. The van der Waals surface area contributed by atoms with Gasteiger partial charge in [0.1, 0.15) is 17.7 Å². The van der Waals surface area contributed by atoms with Gasteiger partial charge in [-0.25, -0.2) is 8.78 Å². The third-order valence-electron chi connectivity index (χ3n) is 4.70. The molecule has 1 saturated heterocycles. The molecule has 1 aliphatic heterocycles. The second-order valence-electron chi connectivity index (χ2n) is 6.45. The number of carbonyl (C=O) groups excluding carboxylic acids is 1. The van der Waals surface area contributed by atoms with E-state index in [0.29, 0.717) is 13.2 Å². The van der Waals surface area contributed by atoms with Crippen molar-refractivity contribution in [3.05, 3.63) is 71.3 Å². The number of halogens is 2. The number of carbonyl (C=O) groups is 1. The zero-order valence-corrected chi connectivity index (χ0v) is 14.4. The first kappa shape index (κ1) is 18.5. The number of hydrogen-bond acceptors (Lipinski definition) is 3. The van der Waals surface area contributed by atoms with Crippen molar-refractivity contribution < 1.29 is 18.3 Å². The van der Waals surface area contributed by atoms with Crippen LogP contribution in [-0.2, 0) is 9.53 Å². The van der Waals surface area contributed by atoms with Crippen molar-refractivity contribution in [1.29, 1.82) is 0 Å². The van der Waals surface area contributed by atoms with E-state index in [0.717, 1.165) is 30.5 Å². The Morgan fingerprint density at radius 3 is 2.12 bits per heavy atom. The zero-order chi connectivity index (χ0) is 18.5. The molecule has 1 heterocycles. The molecule has 2 N–H and O–H groups in total. The van der Waals surface area contributed by atoms with E-state index in [1.165, 1.54) is 24.3 Å². The van der Waals surface area contributed by atoms with Gasteiger partial charge >= 0.3 is 0 Å². The van der Waals surface area contributed by atoms with E-state index in [2.05, 4.69) is 0 Å². The van der Waals surface area contributed by atoms with Gasteiger partial charge in [-0.15, -0.1) is 0 Å². The average Bonchev–Trinajstić information content (AvgIpc) is 3.10. The van der Waals surface area contributed by atoms with Crippen LogP contribution in [-0.4, -0.2) is 36.5 Å². The largest absolute Gasteiger partial charge is 0.368 e. The van der Waals surface area contributed by atoms with Crippen molar-refractivity contribution in [1.82, 2.24) is 4.90 Å². The molecule has 1 fully saturated rings. The van der Waals surface area contributed by atoms with Crippen molar-refractivity contribution in [2.24, 2.45) is 5.73 Å². The Bertz CT molecular complexity index is 689.